The minimum absolute atomic E-state index is 0.163. The first-order chi connectivity index (χ1) is 11.6. The third kappa shape index (κ3) is 10.1. The molecule has 146 valence electrons. The van der Waals surface area contributed by atoms with Crippen LogP contribution in [0.15, 0.2) is 0 Å². The maximum Gasteiger partial charge on any atom is 0.326 e. The molecule has 0 bridgehead atoms. The summed E-state index contributed by atoms with van der Waals surface area (Å²) in [5.41, 5.74) is 5.87. The molecule has 0 aromatic carbocycles. The van der Waals surface area contributed by atoms with E-state index in [2.05, 4.69) is 10.6 Å². The van der Waals surface area contributed by atoms with Gasteiger partial charge in [0.2, 0.25) is 11.8 Å². The summed E-state index contributed by atoms with van der Waals surface area (Å²) in [4.78, 5) is 36.1. The Morgan fingerprint density at radius 2 is 1.44 bits per heavy atom. The minimum atomic E-state index is -1.06. The van der Waals surface area contributed by atoms with Crippen molar-refractivity contribution >= 4 is 17.8 Å². The number of carbonyl (C=O) groups excluding carboxylic acids is 2. The van der Waals surface area contributed by atoms with E-state index in [1.165, 1.54) is 0 Å². The van der Waals surface area contributed by atoms with E-state index in [9.17, 15) is 19.5 Å². The van der Waals surface area contributed by atoms with Gasteiger partial charge in [-0.2, -0.15) is 0 Å². The van der Waals surface area contributed by atoms with Crippen molar-refractivity contribution in [2.24, 2.45) is 17.6 Å². The standard InChI is InChI=1S/C18H35N3O4/c1-6-7-8-14(18(24)25)20-17(23)15(10-12(4)5)21-16(22)13(19)9-11(2)3/h11-15H,6-10,19H2,1-5H3,(H,20,23)(H,21,22)(H,24,25). The van der Waals surface area contributed by atoms with Gasteiger partial charge in [-0.05, 0) is 31.1 Å². The largest absolute Gasteiger partial charge is 0.480 e. The molecule has 0 aromatic heterocycles. The monoisotopic (exact) mass is 357 g/mol. The van der Waals surface area contributed by atoms with E-state index in [4.69, 9.17) is 5.73 Å². The lowest BCUT2D eigenvalue weighted by Crippen LogP contribution is -2.54. The Labute approximate surface area is 151 Å². The molecule has 0 fully saturated rings. The Kier molecular flexibility index (Phi) is 11.1. The van der Waals surface area contributed by atoms with Gasteiger partial charge in [0, 0.05) is 0 Å². The molecule has 7 nitrogen and oxygen atoms in total. The highest BCUT2D eigenvalue weighted by molar-refractivity contribution is 5.91. The maximum absolute atomic E-state index is 12.5. The number of carbonyl (C=O) groups is 3. The van der Waals surface area contributed by atoms with Crippen LogP contribution < -0.4 is 16.4 Å². The number of unbranched alkanes of at least 4 members (excludes halogenated alkanes) is 1. The highest BCUT2D eigenvalue weighted by Gasteiger charge is 2.28. The lowest BCUT2D eigenvalue weighted by atomic mass is 10.00. The molecule has 0 aliphatic rings. The van der Waals surface area contributed by atoms with Gasteiger partial charge in [-0.3, -0.25) is 9.59 Å². The van der Waals surface area contributed by atoms with Gasteiger partial charge in [-0.1, -0.05) is 47.5 Å². The normalized spacial score (nSPS) is 14.9. The molecular formula is C18H35N3O4. The number of rotatable bonds is 12. The number of carboxylic acids is 1. The Hall–Kier alpha value is -1.63. The molecule has 0 radical (unpaired) electrons. The van der Waals surface area contributed by atoms with Gasteiger partial charge in [0.05, 0.1) is 6.04 Å². The number of hydrogen-bond donors (Lipinski definition) is 4. The highest BCUT2D eigenvalue weighted by Crippen LogP contribution is 2.09. The SMILES string of the molecule is CCCCC(NC(=O)C(CC(C)C)NC(=O)C(N)CC(C)C)C(=O)O. The number of amides is 2. The zero-order valence-corrected chi connectivity index (χ0v) is 16.2. The molecule has 0 saturated heterocycles. The van der Waals surface area contributed by atoms with Gasteiger partial charge < -0.3 is 21.5 Å². The molecule has 0 aliphatic carbocycles. The van der Waals surface area contributed by atoms with Crippen LogP contribution in [-0.4, -0.2) is 41.0 Å². The first-order valence-electron chi connectivity index (χ1n) is 9.17. The summed E-state index contributed by atoms with van der Waals surface area (Å²) >= 11 is 0. The molecular weight excluding hydrogens is 322 g/mol. The second-order valence-electron chi connectivity index (χ2n) is 7.47. The summed E-state index contributed by atoms with van der Waals surface area (Å²) in [5.74, 6) is -1.48. The number of nitrogens with two attached hydrogens (primary N) is 1. The minimum Gasteiger partial charge on any atom is -0.480 e. The first kappa shape index (κ1) is 23.4. The average Bonchev–Trinajstić information content (AvgIpc) is 2.48. The molecule has 5 N–H and O–H groups in total. The smallest absolute Gasteiger partial charge is 0.326 e. The molecule has 0 aromatic rings. The molecule has 0 rings (SSSR count). The van der Waals surface area contributed by atoms with E-state index in [-0.39, 0.29) is 17.7 Å². The molecule has 25 heavy (non-hydrogen) atoms. The van der Waals surface area contributed by atoms with Gasteiger partial charge >= 0.3 is 5.97 Å². The van der Waals surface area contributed by atoms with Crippen LogP contribution in [0.4, 0.5) is 0 Å². The van der Waals surface area contributed by atoms with Gasteiger partial charge in [0.1, 0.15) is 12.1 Å². The highest BCUT2D eigenvalue weighted by atomic mass is 16.4. The molecule has 3 unspecified atom stereocenters. The Bertz CT molecular complexity index is 438. The van der Waals surface area contributed by atoms with Crippen molar-refractivity contribution < 1.29 is 19.5 Å². The average molecular weight is 357 g/mol. The molecule has 3 atom stereocenters. The van der Waals surface area contributed by atoms with E-state index in [1.807, 2.05) is 34.6 Å². The van der Waals surface area contributed by atoms with Crippen LogP contribution in [0.1, 0.15) is 66.7 Å². The summed E-state index contributed by atoms with van der Waals surface area (Å²) in [5, 5.41) is 14.5. The van der Waals surface area contributed by atoms with E-state index >= 15 is 0 Å². The molecule has 0 saturated carbocycles. The number of aliphatic carboxylic acids is 1. The van der Waals surface area contributed by atoms with Gasteiger partial charge in [-0.25, -0.2) is 4.79 Å². The number of carboxylic acid groups (broad SMARTS) is 1. The summed E-state index contributed by atoms with van der Waals surface area (Å²) in [7, 11) is 0. The van der Waals surface area contributed by atoms with Crippen molar-refractivity contribution in [2.75, 3.05) is 0 Å². The lowest BCUT2D eigenvalue weighted by molar-refractivity contribution is -0.142. The third-order valence-electron chi connectivity index (χ3n) is 3.86. The van der Waals surface area contributed by atoms with E-state index in [1.54, 1.807) is 0 Å². The van der Waals surface area contributed by atoms with Crippen LogP contribution in [0.25, 0.3) is 0 Å². The Balaban J connectivity index is 4.96. The van der Waals surface area contributed by atoms with Crippen molar-refractivity contribution in [3.05, 3.63) is 0 Å². The fourth-order valence-corrected chi connectivity index (χ4v) is 2.53. The third-order valence-corrected chi connectivity index (χ3v) is 3.86. The van der Waals surface area contributed by atoms with Gasteiger partial charge in [-0.15, -0.1) is 0 Å². The van der Waals surface area contributed by atoms with Crippen LogP contribution in [0.2, 0.25) is 0 Å². The quantitative estimate of drug-likeness (QED) is 0.423. The summed E-state index contributed by atoms with van der Waals surface area (Å²) in [6.45, 7) is 9.77. The molecule has 2 amide bonds. The van der Waals surface area contributed by atoms with E-state index < -0.39 is 30.0 Å². The fourth-order valence-electron chi connectivity index (χ4n) is 2.53. The zero-order chi connectivity index (χ0) is 19.6. The zero-order valence-electron chi connectivity index (χ0n) is 16.2. The summed E-state index contributed by atoms with van der Waals surface area (Å²) < 4.78 is 0. The lowest BCUT2D eigenvalue weighted by Gasteiger charge is -2.24. The maximum atomic E-state index is 12.5. The first-order valence-corrected chi connectivity index (χ1v) is 9.17. The van der Waals surface area contributed by atoms with Crippen molar-refractivity contribution in [3.8, 4) is 0 Å². The van der Waals surface area contributed by atoms with Crippen LogP contribution in [0.3, 0.4) is 0 Å². The second-order valence-corrected chi connectivity index (χ2v) is 7.47. The van der Waals surface area contributed by atoms with Crippen LogP contribution in [0, 0.1) is 11.8 Å². The number of hydrogen-bond acceptors (Lipinski definition) is 4. The molecule has 0 heterocycles. The topological polar surface area (TPSA) is 122 Å². The predicted octanol–water partition coefficient (Wildman–Crippen LogP) is 1.65. The van der Waals surface area contributed by atoms with Gasteiger partial charge in [0.25, 0.3) is 0 Å². The molecule has 0 aliphatic heterocycles. The van der Waals surface area contributed by atoms with Crippen molar-refractivity contribution in [1.29, 1.82) is 0 Å². The molecule has 7 heteroatoms. The van der Waals surface area contributed by atoms with Crippen molar-refractivity contribution in [1.82, 2.24) is 10.6 Å². The fraction of sp³-hybridized carbons (Fsp3) is 0.833. The van der Waals surface area contributed by atoms with Crippen molar-refractivity contribution in [2.45, 2.75) is 84.8 Å². The van der Waals surface area contributed by atoms with Crippen molar-refractivity contribution in [3.63, 3.8) is 0 Å². The number of nitrogens with one attached hydrogen (secondary N) is 2. The van der Waals surface area contributed by atoms with Crippen LogP contribution in [-0.2, 0) is 14.4 Å². The summed E-state index contributed by atoms with van der Waals surface area (Å²) in [6, 6.07) is -2.41. The van der Waals surface area contributed by atoms with Crippen LogP contribution >= 0.6 is 0 Å². The molecule has 0 spiro atoms. The predicted molar refractivity (Wildman–Crippen MR) is 97.9 cm³/mol. The second kappa shape index (κ2) is 11.8. The van der Waals surface area contributed by atoms with Crippen LogP contribution in [0.5, 0.6) is 0 Å². The van der Waals surface area contributed by atoms with E-state index in [0.717, 1.165) is 6.42 Å². The van der Waals surface area contributed by atoms with E-state index in [0.29, 0.717) is 25.7 Å². The Morgan fingerprint density at radius 1 is 0.920 bits per heavy atom. The Morgan fingerprint density at radius 3 is 1.88 bits per heavy atom. The van der Waals surface area contributed by atoms with Gasteiger partial charge in [0.15, 0.2) is 0 Å². The summed E-state index contributed by atoms with van der Waals surface area (Å²) in [6.07, 6.45) is 2.86.